The van der Waals surface area contributed by atoms with Crippen LogP contribution in [0.4, 0.5) is 0 Å². The smallest absolute Gasteiger partial charge is 0.258 e. The third-order valence-electron chi connectivity index (χ3n) is 5.71. The normalized spacial score (nSPS) is 14.7. The van der Waals surface area contributed by atoms with Gasteiger partial charge in [0.25, 0.3) is 5.91 Å². The molecule has 0 spiro atoms. The number of ketones is 1. The van der Waals surface area contributed by atoms with Crippen LogP contribution >= 0.6 is 11.6 Å². The number of carbonyl (C=O) groups excluding carboxylic acids is 2. The molecule has 2 heterocycles. The molecule has 1 amide bonds. The number of benzene rings is 2. The number of Topliss-reactive ketones (excluding diaryl/α,β-unsaturated/α-hetero) is 1. The largest absolute Gasteiger partial charge is 0.338 e. The van der Waals surface area contributed by atoms with Crippen molar-refractivity contribution < 1.29 is 9.59 Å². The predicted molar refractivity (Wildman–Crippen MR) is 117 cm³/mol. The van der Waals surface area contributed by atoms with Crippen molar-refractivity contribution in [1.82, 2.24) is 14.7 Å². The number of para-hydroxylation sites is 1. The van der Waals surface area contributed by atoms with E-state index in [1.54, 1.807) is 16.5 Å². The number of hydrogen-bond acceptors (Lipinski definition) is 3. The maximum atomic E-state index is 13.2. The number of piperidine rings is 1. The molecule has 0 radical (unpaired) electrons. The standard InChI is InChI=1S/C24H24ClN3O2/c1-16-8-10-18(11-9-16)22(29)19-12-14-27(15-13-19)24(30)21-17(2)26-28(23(21)25)20-6-4-3-5-7-20/h3-11,19H,12-15H2,1-2H3. The molecular formula is C24H24ClN3O2. The number of likely N-dealkylation sites (tertiary alicyclic amines) is 1. The number of aromatic nitrogens is 2. The quantitative estimate of drug-likeness (QED) is 0.564. The van der Waals surface area contributed by atoms with Crippen molar-refractivity contribution in [3.05, 3.63) is 82.1 Å². The number of halogens is 1. The summed E-state index contributed by atoms with van der Waals surface area (Å²) in [5.41, 5.74) is 3.73. The lowest BCUT2D eigenvalue weighted by Gasteiger charge is -2.31. The molecule has 0 N–H and O–H groups in total. The van der Waals surface area contributed by atoms with E-state index in [1.165, 1.54) is 0 Å². The molecule has 0 atom stereocenters. The van der Waals surface area contributed by atoms with Crippen molar-refractivity contribution >= 4 is 23.3 Å². The molecule has 1 aliphatic heterocycles. The van der Waals surface area contributed by atoms with Crippen molar-refractivity contribution in [2.75, 3.05) is 13.1 Å². The van der Waals surface area contributed by atoms with Gasteiger partial charge in [-0.1, -0.05) is 59.6 Å². The molecule has 1 fully saturated rings. The fraction of sp³-hybridized carbons (Fsp3) is 0.292. The topological polar surface area (TPSA) is 55.2 Å². The van der Waals surface area contributed by atoms with E-state index in [9.17, 15) is 9.59 Å². The van der Waals surface area contributed by atoms with E-state index in [-0.39, 0.29) is 17.6 Å². The van der Waals surface area contributed by atoms with Crippen LogP contribution in [0.1, 0.15) is 44.8 Å². The molecule has 1 aromatic heterocycles. The monoisotopic (exact) mass is 421 g/mol. The molecule has 0 bridgehead atoms. The zero-order valence-electron chi connectivity index (χ0n) is 17.1. The summed E-state index contributed by atoms with van der Waals surface area (Å²) in [6, 6.07) is 17.2. The number of rotatable bonds is 4. The first-order valence-corrected chi connectivity index (χ1v) is 10.5. The lowest BCUT2D eigenvalue weighted by Crippen LogP contribution is -2.40. The number of nitrogens with zero attached hydrogens (tertiary/aromatic N) is 3. The van der Waals surface area contributed by atoms with Crippen molar-refractivity contribution in [3.63, 3.8) is 0 Å². The van der Waals surface area contributed by atoms with Gasteiger partial charge in [-0.25, -0.2) is 4.68 Å². The lowest BCUT2D eigenvalue weighted by atomic mass is 9.88. The second kappa shape index (κ2) is 8.44. The van der Waals surface area contributed by atoms with Gasteiger partial charge in [0.1, 0.15) is 5.15 Å². The third-order valence-corrected chi connectivity index (χ3v) is 6.06. The summed E-state index contributed by atoms with van der Waals surface area (Å²) in [5, 5.41) is 4.79. The summed E-state index contributed by atoms with van der Waals surface area (Å²) in [6.45, 7) is 4.87. The highest BCUT2D eigenvalue weighted by Gasteiger charge is 2.31. The Kier molecular flexibility index (Phi) is 5.73. The fourth-order valence-corrected chi connectivity index (χ4v) is 4.29. The van der Waals surface area contributed by atoms with Gasteiger partial charge < -0.3 is 4.90 Å². The van der Waals surface area contributed by atoms with Crippen LogP contribution in [0.5, 0.6) is 0 Å². The minimum Gasteiger partial charge on any atom is -0.338 e. The fourth-order valence-electron chi connectivity index (χ4n) is 3.94. The number of aryl methyl sites for hydroxylation is 2. The average Bonchev–Trinajstić information content (AvgIpc) is 3.08. The van der Waals surface area contributed by atoms with E-state index in [2.05, 4.69) is 5.10 Å². The Hall–Kier alpha value is -2.92. The summed E-state index contributed by atoms with van der Waals surface area (Å²) >= 11 is 6.55. The predicted octanol–water partition coefficient (Wildman–Crippen LogP) is 4.88. The Morgan fingerprint density at radius 1 is 0.967 bits per heavy atom. The minimum atomic E-state index is -0.124. The van der Waals surface area contributed by atoms with Gasteiger partial charge in [-0.05, 0) is 38.8 Å². The molecular weight excluding hydrogens is 398 g/mol. The Bertz CT molecular complexity index is 1070. The van der Waals surface area contributed by atoms with Crippen LogP contribution in [0.25, 0.3) is 5.69 Å². The SMILES string of the molecule is Cc1ccc(C(=O)C2CCN(C(=O)c3c(C)nn(-c4ccccc4)c3Cl)CC2)cc1. The lowest BCUT2D eigenvalue weighted by molar-refractivity contribution is 0.0650. The van der Waals surface area contributed by atoms with Gasteiger partial charge in [-0.15, -0.1) is 0 Å². The molecule has 0 saturated carbocycles. The summed E-state index contributed by atoms with van der Waals surface area (Å²) in [4.78, 5) is 27.7. The Labute approximate surface area is 181 Å². The summed E-state index contributed by atoms with van der Waals surface area (Å²) in [7, 11) is 0. The van der Waals surface area contributed by atoms with Gasteiger partial charge in [0.15, 0.2) is 5.78 Å². The Morgan fingerprint density at radius 3 is 2.23 bits per heavy atom. The van der Waals surface area contributed by atoms with Gasteiger partial charge in [-0.2, -0.15) is 5.10 Å². The summed E-state index contributed by atoms with van der Waals surface area (Å²) in [6.07, 6.45) is 1.31. The van der Waals surface area contributed by atoms with Crippen molar-refractivity contribution in [2.45, 2.75) is 26.7 Å². The molecule has 3 aromatic rings. The number of amides is 1. The molecule has 2 aromatic carbocycles. The third kappa shape index (κ3) is 3.90. The second-order valence-corrected chi connectivity index (χ2v) is 8.15. The van der Waals surface area contributed by atoms with Gasteiger partial charge in [0, 0.05) is 24.6 Å². The van der Waals surface area contributed by atoms with E-state index >= 15 is 0 Å². The molecule has 0 aliphatic carbocycles. The van der Waals surface area contributed by atoms with Gasteiger partial charge in [0.2, 0.25) is 0 Å². The molecule has 5 nitrogen and oxygen atoms in total. The van der Waals surface area contributed by atoms with Gasteiger partial charge in [-0.3, -0.25) is 9.59 Å². The maximum Gasteiger partial charge on any atom is 0.258 e. The average molecular weight is 422 g/mol. The Morgan fingerprint density at radius 2 is 1.60 bits per heavy atom. The zero-order valence-corrected chi connectivity index (χ0v) is 17.9. The van der Waals surface area contributed by atoms with Crippen LogP contribution in [-0.2, 0) is 0 Å². The Balaban J connectivity index is 1.47. The summed E-state index contributed by atoms with van der Waals surface area (Å²) < 4.78 is 1.60. The molecule has 0 unspecified atom stereocenters. The second-order valence-electron chi connectivity index (χ2n) is 7.80. The highest BCUT2D eigenvalue weighted by molar-refractivity contribution is 6.33. The van der Waals surface area contributed by atoms with Crippen molar-refractivity contribution in [2.24, 2.45) is 5.92 Å². The van der Waals surface area contributed by atoms with Crippen LogP contribution in [0.3, 0.4) is 0 Å². The van der Waals surface area contributed by atoms with Crippen LogP contribution in [0, 0.1) is 19.8 Å². The molecule has 6 heteroatoms. The first kappa shape index (κ1) is 20.4. The van der Waals surface area contributed by atoms with E-state index in [1.807, 2.05) is 61.5 Å². The maximum absolute atomic E-state index is 13.2. The molecule has 4 rings (SSSR count). The first-order chi connectivity index (χ1) is 14.5. The van der Waals surface area contributed by atoms with E-state index in [0.717, 1.165) is 16.8 Å². The van der Waals surface area contributed by atoms with Crippen LogP contribution in [-0.4, -0.2) is 39.5 Å². The highest BCUT2D eigenvalue weighted by Crippen LogP contribution is 2.28. The van der Waals surface area contributed by atoms with Crippen molar-refractivity contribution in [1.29, 1.82) is 0 Å². The number of hydrogen-bond donors (Lipinski definition) is 0. The molecule has 1 aliphatic rings. The van der Waals surface area contributed by atoms with Gasteiger partial charge >= 0.3 is 0 Å². The molecule has 1 saturated heterocycles. The summed E-state index contributed by atoms with van der Waals surface area (Å²) in [5.74, 6) is -0.0190. The van der Waals surface area contributed by atoms with Gasteiger partial charge in [0.05, 0.1) is 16.9 Å². The van der Waals surface area contributed by atoms with Crippen molar-refractivity contribution in [3.8, 4) is 5.69 Å². The minimum absolute atomic E-state index is 0.0552. The first-order valence-electron chi connectivity index (χ1n) is 10.2. The molecule has 30 heavy (non-hydrogen) atoms. The van der Waals surface area contributed by atoms with E-state index in [0.29, 0.717) is 42.3 Å². The van der Waals surface area contributed by atoms with Crippen LogP contribution in [0.2, 0.25) is 5.15 Å². The van der Waals surface area contributed by atoms with E-state index < -0.39 is 0 Å². The van der Waals surface area contributed by atoms with E-state index in [4.69, 9.17) is 11.6 Å². The zero-order chi connectivity index (χ0) is 21.3. The van der Waals surface area contributed by atoms with Crippen LogP contribution in [0.15, 0.2) is 54.6 Å². The molecule has 154 valence electrons. The number of carbonyl (C=O) groups is 2. The highest BCUT2D eigenvalue weighted by atomic mass is 35.5. The van der Waals surface area contributed by atoms with Crippen LogP contribution < -0.4 is 0 Å².